The molecule has 0 radical (unpaired) electrons. The third-order valence-corrected chi connectivity index (χ3v) is 4.86. The van der Waals surface area contributed by atoms with Gasteiger partial charge in [0.2, 0.25) is 0 Å². The van der Waals surface area contributed by atoms with Crippen molar-refractivity contribution < 1.29 is 4.39 Å². The first-order valence-electron chi connectivity index (χ1n) is 8.46. The summed E-state index contributed by atoms with van der Waals surface area (Å²) >= 11 is 3.46. The molecule has 4 rings (SSSR count). The number of aromatic nitrogens is 4. The summed E-state index contributed by atoms with van der Waals surface area (Å²) in [4.78, 5) is 8.49. The number of halogens is 2. The highest BCUT2D eigenvalue weighted by Gasteiger charge is 2.18. The summed E-state index contributed by atoms with van der Waals surface area (Å²) in [7, 11) is 0. The van der Waals surface area contributed by atoms with Crippen LogP contribution in [0.2, 0.25) is 0 Å². The minimum Gasteiger partial charge on any atom is -0.322 e. The Labute approximate surface area is 168 Å². The van der Waals surface area contributed by atoms with Crippen molar-refractivity contribution in [2.24, 2.45) is 5.73 Å². The molecule has 0 saturated carbocycles. The topological polar surface area (TPSA) is 93.4 Å². The van der Waals surface area contributed by atoms with Crippen LogP contribution in [-0.4, -0.2) is 19.7 Å². The first kappa shape index (κ1) is 18.2. The van der Waals surface area contributed by atoms with Gasteiger partial charge in [0.05, 0.1) is 29.1 Å². The number of fused-ring (bicyclic) bond motifs is 1. The van der Waals surface area contributed by atoms with Crippen molar-refractivity contribution in [3.63, 3.8) is 0 Å². The quantitative estimate of drug-likeness (QED) is 0.524. The van der Waals surface area contributed by atoms with E-state index >= 15 is 0 Å². The van der Waals surface area contributed by atoms with Crippen molar-refractivity contribution in [1.29, 1.82) is 5.26 Å². The molecule has 0 saturated heterocycles. The molecule has 0 amide bonds. The van der Waals surface area contributed by atoms with Gasteiger partial charge >= 0.3 is 0 Å². The number of nitrogens with two attached hydrogens (primary N) is 1. The van der Waals surface area contributed by atoms with Crippen LogP contribution >= 0.6 is 15.9 Å². The van der Waals surface area contributed by atoms with E-state index in [0.717, 1.165) is 21.1 Å². The SMILES string of the molecule is N#Cc1nc(C[C@H](N)c2ncccc2-n2ncc3cc(Br)ccc32)ccc1F. The van der Waals surface area contributed by atoms with E-state index in [4.69, 9.17) is 11.0 Å². The Balaban J connectivity index is 1.72. The van der Waals surface area contributed by atoms with E-state index in [0.29, 0.717) is 17.8 Å². The molecule has 1 atom stereocenters. The Hall–Kier alpha value is -3.15. The molecule has 4 aromatic rings. The number of hydrogen-bond acceptors (Lipinski definition) is 5. The fourth-order valence-electron chi connectivity index (χ4n) is 3.07. The van der Waals surface area contributed by atoms with Crippen LogP contribution in [0, 0.1) is 17.1 Å². The molecule has 8 heteroatoms. The summed E-state index contributed by atoms with van der Waals surface area (Å²) in [5, 5.41) is 14.4. The number of hydrogen-bond donors (Lipinski definition) is 1. The van der Waals surface area contributed by atoms with Gasteiger partial charge in [-0.05, 0) is 42.5 Å². The third kappa shape index (κ3) is 3.38. The van der Waals surface area contributed by atoms with Crippen molar-refractivity contribution in [1.82, 2.24) is 19.7 Å². The van der Waals surface area contributed by atoms with Crippen LogP contribution in [0.15, 0.2) is 59.3 Å². The highest BCUT2D eigenvalue weighted by molar-refractivity contribution is 9.10. The van der Waals surface area contributed by atoms with Gasteiger partial charge in [0.1, 0.15) is 6.07 Å². The summed E-state index contributed by atoms with van der Waals surface area (Å²) in [5.74, 6) is -0.646. The van der Waals surface area contributed by atoms with Crippen molar-refractivity contribution in [3.8, 4) is 11.8 Å². The number of nitrogens with zero attached hydrogens (tertiary/aromatic N) is 5. The molecule has 3 heterocycles. The van der Waals surface area contributed by atoms with E-state index in [9.17, 15) is 4.39 Å². The Morgan fingerprint density at radius 2 is 2.11 bits per heavy atom. The minimum absolute atomic E-state index is 0.241. The van der Waals surface area contributed by atoms with Gasteiger partial charge in [-0.25, -0.2) is 14.1 Å². The molecule has 0 aliphatic carbocycles. The normalized spacial score (nSPS) is 12.1. The molecule has 0 fully saturated rings. The van der Waals surface area contributed by atoms with Gasteiger partial charge in [0, 0.05) is 28.2 Å². The van der Waals surface area contributed by atoms with Gasteiger partial charge in [-0.15, -0.1) is 0 Å². The summed E-state index contributed by atoms with van der Waals surface area (Å²) < 4.78 is 16.3. The maximum Gasteiger partial charge on any atom is 0.176 e. The molecule has 6 nitrogen and oxygen atoms in total. The van der Waals surface area contributed by atoms with Crippen LogP contribution in [-0.2, 0) is 6.42 Å². The maximum absolute atomic E-state index is 13.5. The molecule has 0 aliphatic rings. The second-order valence-electron chi connectivity index (χ2n) is 6.22. The summed E-state index contributed by atoms with van der Waals surface area (Å²) in [6.07, 6.45) is 3.76. The number of benzene rings is 1. The highest BCUT2D eigenvalue weighted by Crippen LogP contribution is 2.26. The lowest BCUT2D eigenvalue weighted by Gasteiger charge is -2.16. The first-order valence-corrected chi connectivity index (χ1v) is 9.26. The van der Waals surface area contributed by atoms with Crippen molar-refractivity contribution in [3.05, 3.63) is 82.2 Å². The van der Waals surface area contributed by atoms with Crippen LogP contribution < -0.4 is 5.73 Å². The lowest BCUT2D eigenvalue weighted by Crippen LogP contribution is -2.19. The van der Waals surface area contributed by atoms with E-state index < -0.39 is 11.9 Å². The van der Waals surface area contributed by atoms with Crippen LogP contribution in [0.5, 0.6) is 0 Å². The average Bonchev–Trinajstić information content (AvgIpc) is 3.12. The Morgan fingerprint density at radius 3 is 2.93 bits per heavy atom. The fraction of sp³-hybridized carbons (Fsp3) is 0.100. The van der Waals surface area contributed by atoms with E-state index in [-0.39, 0.29) is 5.69 Å². The van der Waals surface area contributed by atoms with Gasteiger partial charge < -0.3 is 5.73 Å². The second-order valence-corrected chi connectivity index (χ2v) is 7.14. The second kappa shape index (κ2) is 7.46. The zero-order valence-electron chi connectivity index (χ0n) is 14.5. The Morgan fingerprint density at radius 1 is 1.25 bits per heavy atom. The summed E-state index contributed by atoms with van der Waals surface area (Å²) in [5.41, 5.74) is 9.01. The van der Waals surface area contributed by atoms with Crippen molar-refractivity contribution in [2.45, 2.75) is 12.5 Å². The molecule has 0 aliphatic heterocycles. The molecular formula is C20H14BrFN6. The number of pyridine rings is 2. The van der Waals surface area contributed by atoms with Gasteiger partial charge in [-0.3, -0.25) is 4.98 Å². The lowest BCUT2D eigenvalue weighted by atomic mass is 10.1. The predicted molar refractivity (Wildman–Crippen MR) is 106 cm³/mol. The Kier molecular flexibility index (Phi) is 4.86. The zero-order valence-corrected chi connectivity index (χ0v) is 16.1. The predicted octanol–water partition coefficient (Wildman–Crippen LogP) is 3.83. The summed E-state index contributed by atoms with van der Waals surface area (Å²) in [6.45, 7) is 0. The highest BCUT2D eigenvalue weighted by atomic mass is 79.9. The molecule has 1 aromatic carbocycles. The maximum atomic E-state index is 13.5. The first-order chi connectivity index (χ1) is 13.6. The van der Waals surface area contributed by atoms with Crippen LogP contribution in [0.25, 0.3) is 16.6 Å². The summed E-state index contributed by atoms with van der Waals surface area (Å²) in [6, 6.07) is 13.6. The molecule has 138 valence electrons. The molecule has 0 bridgehead atoms. The lowest BCUT2D eigenvalue weighted by molar-refractivity contribution is 0.608. The van der Waals surface area contributed by atoms with Crippen molar-refractivity contribution in [2.75, 3.05) is 0 Å². The molecule has 0 unspecified atom stereocenters. The minimum atomic E-state index is -0.646. The zero-order chi connectivity index (χ0) is 19.7. The van der Waals surface area contributed by atoms with Gasteiger partial charge in [-0.1, -0.05) is 15.9 Å². The fourth-order valence-corrected chi connectivity index (χ4v) is 3.45. The number of nitriles is 1. The van der Waals surface area contributed by atoms with Crippen LogP contribution in [0.1, 0.15) is 23.1 Å². The van der Waals surface area contributed by atoms with Gasteiger partial charge in [0.15, 0.2) is 11.5 Å². The smallest absolute Gasteiger partial charge is 0.176 e. The average molecular weight is 437 g/mol. The van der Waals surface area contributed by atoms with Crippen LogP contribution in [0.4, 0.5) is 4.39 Å². The largest absolute Gasteiger partial charge is 0.322 e. The monoisotopic (exact) mass is 436 g/mol. The van der Waals surface area contributed by atoms with E-state index in [1.807, 2.05) is 30.3 Å². The molecular weight excluding hydrogens is 423 g/mol. The van der Waals surface area contributed by atoms with Crippen molar-refractivity contribution >= 4 is 26.8 Å². The Bertz CT molecular complexity index is 1210. The van der Waals surface area contributed by atoms with E-state index in [2.05, 4.69) is 31.0 Å². The van der Waals surface area contributed by atoms with Gasteiger partial charge in [-0.2, -0.15) is 10.4 Å². The van der Waals surface area contributed by atoms with E-state index in [1.165, 1.54) is 12.1 Å². The molecule has 28 heavy (non-hydrogen) atoms. The number of rotatable bonds is 4. The van der Waals surface area contributed by atoms with Gasteiger partial charge in [0.25, 0.3) is 0 Å². The molecule has 2 N–H and O–H groups in total. The molecule has 3 aromatic heterocycles. The standard InChI is InChI=1S/C20H14BrFN6/c21-13-3-6-18-12(8-13)11-26-28(18)19-2-1-7-25-20(19)16(24)9-14-4-5-15(22)17(10-23)27-14/h1-8,11,16H,9,24H2/t16-/m0/s1. The van der Waals surface area contributed by atoms with E-state index in [1.54, 1.807) is 23.1 Å². The molecule has 0 spiro atoms. The third-order valence-electron chi connectivity index (χ3n) is 4.36. The van der Waals surface area contributed by atoms with Crippen LogP contribution in [0.3, 0.4) is 0 Å².